The van der Waals surface area contributed by atoms with Crippen LogP contribution in [-0.2, 0) is 0 Å². The first-order valence-corrected chi connectivity index (χ1v) is 6.14. The molecule has 21 heavy (non-hydrogen) atoms. The van der Waals surface area contributed by atoms with E-state index in [1.807, 2.05) is 6.07 Å². The van der Waals surface area contributed by atoms with Gasteiger partial charge < -0.3 is 9.73 Å². The topological polar surface area (TPSA) is 68.0 Å². The number of anilines is 1. The van der Waals surface area contributed by atoms with Crippen LogP contribution in [0.15, 0.2) is 59.6 Å². The van der Waals surface area contributed by atoms with Gasteiger partial charge in [0, 0.05) is 17.4 Å². The van der Waals surface area contributed by atoms with E-state index in [9.17, 15) is 9.18 Å². The molecule has 0 radical (unpaired) electrons. The second-order valence-electron chi connectivity index (χ2n) is 4.27. The molecule has 1 amide bonds. The molecule has 0 saturated carbocycles. The number of halogens is 1. The maximum absolute atomic E-state index is 12.7. The molecule has 0 atom stereocenters. The summed E-state index contributed by atoms with van der Waals surface area (Å²) in [4.78, 5) is 19.3. The zero-order chi connectivity index (χ0) is 14.7. The van der Waals surface area contributed by atoms with Crippen LogP contribution in [0.2, 0.25) is 0 Å². The molecule has 0 aliphatic carbocycles. The number of carbonyl (C=O) groups excluding carboxylic acids is 1. The van der Waals surface area contributed by atoms with E-state index in [0.717, 1.165) is 11.6 Å². The quantitative estimate of drug-likeness (QED) is 0.750. The highest BCUT2D eigenvalue weighted by atomic mass is 19.1. The Hall–Kier alpha value is -3.02. The fourth-order valence-corrected chi connectivity index (χ4v) is 1.82. The van der Waals surface area contributed by atoms with E-state index >= 15 is 0 Å². The molecule has 6 heteroatoms. The number of aromatic nitrogens is 2. The third kappa shape index (κ3) is 2.94. The van der Waals surface area contributed by atoms with E-state index < -0.39 is 5.95 Å². The SMILES string of the molecule is O=C(Nc1cccc(-c2cnco2)c1)c1ccc(F)nc1. The van der Waals surface area contributed by atoms with Crippen LogP contribution in [0, 0.1) is 5.95 Å². The number of benzene rings is 1. The van der Waals surface area contributed by atoms with E-state index in [1.165, 1.54) is 18.7 Å². The Bertz CT molecular complexity index is 755. The lowest BCUT2D eigenvalue weighted by molar-refractivity contribution is 0.102. The summed E-state index contributed by atoms with van der Waals surface area (Å²) >= 11 is 0. The van der Waals surface area contributed by atoms with Gasteiger partial charge >= 0.3 is 0 Å². The fourth-order valence-electron chi connectivity index (χ4n) is 1.82. The van der Waals surface area contributed by atoms with Crippen molar-refractivity contribution in [3.8, 4) is 11.3 Å². The van der Waals surface area contributed by atoms with Gasteiger partial charge in [0.2, 0.25) is 5.95 Å². The predicted octanol–water partition coefficient (Wildman–Crippen LogP) is 3.13. The van der Waals surface area contributed by atoms with Gasteiger partial charge in [-0.05, 0) is 24.3 Å². The predicted molar refractivity (Wildman–Crippen MR) is 74.1 cm³/mol. The van der Waals surface area contributed by atoms with Crippen LogP contribution < -0.4 is 5.32 Å². The van der Waals surface area contributed by atoms with Crippen molar-refractivity contribution in [2.45, 2.75) is 0 Å². The smallest absolute Gasteiger partial charge is 0.257 e. The summed E-state index contributed by atoms with van der Waals surface area (Å²) in [5.74, 6) is -0.384. The molecular weight excluding hydrogens is 273 g/mol. The number of nitrogens with zero attached hydrogens (tertiary/aromatic N) is 2. The summed E-state index contributed by atoms with van der Waals surface area (Å²) in [7, 11) is 0. The minimum absolute atomic E-state index is 0.279. The zero-order valence-corrected chi connectivity index (χ0v) is 10.8. The number of oxazole rings is 1. The summed E-state index contributed by atoms with van der Waals surface area (Å²) in [6.45, 7) is 0. The lowest BCUT2D eigenvalue weighted by Gasteiger charge is -2.06. The van der Waals surface area contributed by atoms with Crippen molar-refractivity contribution in [1.82, 2.24) is 9.97 Å². The monoisotopic (exact) mass is 283 g/mol. The standard InChI is InChI=1S/C15H10FN3O2/c16-14-5-4-11(7-18-14)15(20)19-12-3-1-2-10(6-12)13-8-17-9-21-13/h1-9H,(H,19,20). The molecule has 1 aromatic carbocycles. The zero-order valence-electron chi connectivity index (χ0n) is 10.8. The molecule has 3 aromatic rings. The van der Waals surface area contributed by atoms with E-state index in [-0.39, 0.29) is 11.5 Å². The summed E-state index contributed by atoms with van der Waals surface area (Å²) in [6, 6.07) is 9.65. The summed E-state index contributed by atoms with van der Waals surface area (Å²) < 4.78 is 17.9. The number of hydrogen-bond acceptors (Lipinski definition) is 4. The Morgan fingerprint density at radius 3 is 2.81 bits per heavy atom. The van der Waals surface area contributed by atoms with Crippen LogP contribution in [0.25, 0.3) is 11.3 Å². The highest BCUT2D eigenvalue weighted by molar-refractivity contribution is 6.04. The maximum atomic E-state index is 12.7. The minimum Gasteiger partial charge on any atom is -0.444 e. The van der Waals surface area contributed by atoms with Crippen molar-refractivity contribution in [2.75, 3.05) is 5.32 Å². The van der Waals surface area contributed by atoms with Crippen LogP contribution in [0.4, 0.5) is 10.1 Å². The molecule has 0 aliphatic rings. The van der Waals surface area contributed by atoms with Crippen molar-refractivity contribution < 1.29 is 13.6 Å². The van der Waals surface area contributed by atoms with Gasteiger partial charge in [0.1, 0.15) is 0 Å². The molecule has 0 unspecified atom stereocenters. The number of nitrogens with one attached hydrogen (secondary N) is 1. The first-order valence-electron chi connectivity index (χ1n) is 6.14. The van der Waals surface area contributed by atoms with Crippen LogP contribution in [-0.4, -0.2) is 15.9 Å². The molecule has 0 saturated heterocycles. The van der Waals surface area contributed by atoms with Crippen molar-refractivity contribution >= 4 is 11.6 Å². The normalized spacial score (nSPS) is 10.3. The van der Waals surface area contributed by atoms with Gasteiger partial charge in [0.15, 0.2) is 12.2 Å². The molecular formula is C15H10FN3O2. The van der Waals surface area contributed by atoms with Crippen molar-refractivity contribution in [3.05, 3.63) is 66.7 Å². The van der Waals surface area contributed by atoms with Gasteiger partial charge in [-0.15, -0.1) is 0 Å². The van der Waals surface area contributed by atoms with Crippen LogP contribution in [0.1, 0.15) is 10.4 Å². The van der Waals surface area contributed by atoms with Gasteiger partial charge in [-0.1, -0.05) is 12.1 Å². The molecule has 2 aromatic heterocycles. The van der Waals surface area contributed by atoms with E-state index in [2.05, 4.69) is 15.3 Å². The minimum atomic E-state index is -0.626. The molecule has 104 valence electrons. The third-order valence-corrected chi connectivity index (χ3v) is 2.83. The number of carbonyl (C=O) groups is 1. The van der Waals surface area contributed by atoms with E-state index in [4.69, 9.17) is 4.42 Å². The van der Waals surface area contributed by atoms with Gasteiger partial charge in [-0.2, -0.15) is 4.39 Å². The first-order chi connectivity index (χ1) is 10.2. The Balaban J connectivity index is 1.80. The lowest BCUT2D eigenvalue weighted by Crippen LogP contribution is -2.12. The molecule has 0 aliphatic heterocycles. The first kappa shape index (κ1) is 13.0. The van der Waals surface area contributed by atoms with Gasteiger partial charge in [0.05, 0.1) is 11.8 Å². The summed E-state index contributed by atoms with van der Waals surface area (Å²) in [5.41, 5.74) is 1.67. The average molecular weight is 283 g/mol. The Kier molecular flexibility index (Phi) is 3.42. The van der Waals surface area contributed by atoms with E-state index in [0.29, 0.717) is 11.4 Å². The molecule has 3 rings (SSSR count). The number of hydrogen-bond donors (Lipinski definition) is 1. The number of rotatable bonds is 3. The molecule has 1 N–H and O–H groups in total. The second-order valence-corrected chi connectivity index (χ2v) is 4.27. The Labute approximate surface area is 119 Å². The van der Waals surface area contributed by atoms with Crippen molar-refractivity contribution in [3.63, 3.8) is 0 Å². The molecule has 5 nitrogen and oxygen atoms in total. The maximum Gasteiger partial charge on any atom is 0.257 e. The summed E-state index contributed by atoms with van der Waals surface area (Å²) in [6.07, 6.45) is 4.11. The van der Waals surface area contributed by atoms with E-state index in [1.54, 1.807) is 24.4 Å². The van der Waals surface area contributed by atoms with Crippen LogP contribution in [0.5, 0.6) is 0 Å². The number of amides is 1. The van der Waals surface area contributed by atoms with Crippen molar-refractivity contribution in [1.29, 1.82) is 0 Å². The van der Waals surface area contributed by atoms with Gasteiger partial charge in [0.25, 0.3) is 5.91 Å². The summed E-state index contributed by atoms with van der Waals surface area (Å²) in [5, 5.41) is 2.72. The lowest BCUT2D eigenvalue weighted by atomic mass is 10.1. The largest absolute Gasteiger partial charge is 0.444 e. The molecule has 0 bridgehead atoms. The molecule has 0 fully saturated rings. The van der Waals surface area contributed by atoms with Gasteiger partial charge in [-0.3, -0.25) is 4.79 Å². The molecule has 0 spiro atoms. The fraction of sp³-hybridized carbons (Fsp3) is 0. The Morgan fingerprint density at radius 1 is 1.19 bits per heavy atom. The second kappa shape index (κ2) is 5.54. The van der Waals surface area contributed by atoms with Crippen molar-refractivity contribution in [2.24, 2.45) is 0 Å². The highest BCUT2D eigenvalue weighted by Crippen LogP contribution is 2.22. The Morgan fingerprint density at radius 2 is 2.10 bits per heavy atom. The van der Waals surface area contributed by atoms with Gasteiger partial charge in [-0.25, -0.2) is 9.97 Å². The molecule has 2 heterocycles. The highest BCUT2D eigenvalue weighted by Gasteiger charge is 2.08. The third-order valence-electron chi connectivity index (χ3n) is 2.83. The average Bonchev–Trinajstić information content (AvgIpc) is 3.02. The number of pyridine rings is 1. The van der Waals surface area contributed by atoms with Crippen LogP contribution in [0.3, 0.4) is 0 Å². The van der Waals surface area contributed by atoms with Crippen LogP contribution >= 0.6 is 0 Å².